The lowest BCUT2D eigenvalue weighted by Crippen LogP contribution is -2.42. The Morgan fingerprint density at radius 2 is 2.14 bits per heavy atom. The summed E-state index contributed by atoms with van der Waals surface area (Å²) in [5.41, 5.74) is 3.76. The van der Waals surface area contributed by atoms with Crippen LogP contribution in [0, 0.1) is 6.92 Å². The topological polar surface area (TPSA) is 18.8 Å². The van der Waals surface area contributed by atoms with Crippen LogP contribution in [0.2, 0.25) is 5.02 Å². The number of rotatable bonds is 2. The summed E-state index contributed by atoms with van der Waals surface area (Å²) in [5.74, 6) is 0. The number of hydrazone groups is 1. The van der Waals surface area contributed by atoms with Crippen LogP contribution in [-0.4, -0.2) is 35.8 Å². The number of benzene rings is 1. The number of nitrogens with zero attached hydrogens (tertiary/aromatic N) is 3. The Kier molecular flexibility index (Phi) is 4.61. The Bertz CT molecular complexity index is 565. The molecule has 4 heteroatoms. The van der Waals surface area contributed by atoms with Crippen LogP contribution < -0.4 is 0 Å². The lowest BCUT2D eigenvalue weighted by atomic mass is 10.1. The van der Waals surface area contributed by atoms with Gasteiger partial charge in [-0.2, -0.15) is 5.10 Å². The predicted octanol–water partition coefficient (Wildman–Crippen LogP) is 3.82. The van der Waals surface area contributed by atoms with Crippen molar-refractivity contribution in [1.29, 1.82) is 0 Å². The number of piperazine rings is 1. The maximum Gasteiger partial charge on any atom is 0.0540 e. The minimum absolute atomic E-state index is 0.877. The van der Waals surface area contributed by atoms with Crippen LogP contribution in [0.25, 0.3) is 0 Å². The van der Waals surface area contributed by atoms with Crippen molar-refractivity contribution < 1.29 is 0 Å². The van der Waals surface area contributed by atoms with E-state index in [4.69, 9.17) is 11.6 Å². The second-order valence-corrected chi connectivity index (χ2v) is 6.26. The second kappa shape index (κ2) is 6.63. The molecule has 1 aromatic rings. The van der Waals surface area contributed by atoms with Crippen LogP contribution in [0.4, 0.5) is 0 Å². The van der Waals surface area contributed by atoms with Crippen molar-refractivity contribution in [2.75, 3.05) is 19.6 Å². The fourth-order valence-electron chi connectivity index (χ4n) is 2.86. The summed E-state index contributed by atoms with van der Waals surface area (Å²) in [4.78, 5) is 2.45. The first-order chi connectivity index (χ1) is 10.2. The number of halogens is 1. The lowest BCUT2D eigenvalue weighted by molar-refractivity contribution is 0.173. The largest absolute Gasteiger partial charge is 0.291 e. The summed E-state index contributed by atoms with van der Waals surface area (Å²) >= 11 is 6.36. The van der Waals surface area contributed by atoms with Gasteiger partial charge in [-0.15, -0.1) is 0 Å². The summed E-state index contributed by atoms with van der Waals surface area (Å²) < 4.78 is 0. The van der Waals surface area contributed by atoms with Crippen molar-refractivity contribution in [2.24, 2.45) is 5.10 Å². The Hall–Kier alpha value is -1.32. The van der Waals surface area contributed by atoms with Crippen LogP contribution in [0.3, 0.4) is 0 Å². The molecule has 0 spiro atoms. The van der Waals surface area contributed by atoms with Gasteiger partial charge < -0.3 is 0 Å². The van der Waals surface area contributed by atoms with Crippen molar-refractivity contribution >= 4 is 17.8 Å². The normalized spacial score (nSPS) is 23.7. The maximum absolute atomic E-state index is 6.36. The molecule has 3 nitrogen and oxygen atoms in total. The van der Waals surface area contributed by atoms with Crippen molar-refractivity contribution in [3.05, 3.63) is 46.1 Å². The van der Waals surface area contributed by atoms with Gasteiger partial charge in [0.25, 0.3) is 0 Å². The standard InChI is InChI=1S/C17H22ClN3/c1-14-6-7-15(17(18)11-14)12-20-9-10-21-16(13-20)5-3-2-4-8-19-21/h5-8,11H,2-4,9-10,12-13H2,1H3/b16-5-,19-8-. The van der Waals surface area contributed by atoms with Gasteiger partial charge in [0.05, 0.1) is 6.54 Å². The van der Waals surface area contributed by atoms with E-state index >= 15 is 0 Å². The van der Waals surface area contributed by atoms with Crippen LogP contribution in [0.1, 0.15) is 30.4 Å². The molecular weight excluding hydrogens is 282 g/mol. The molecule has 21 heavy (non-hydrogen) atoms. The number of hydrogen-bond donors (Lipinski definition) is 0. The SMILES string of the molecule is Cc1ccc(CN2CCN3/N=C\CCC/C=C\3C2)c(Cl)c1. The van der Waals surface area contributed by atoms with E-state index in [1.165, 1.54) is 23.2 Å². The molecule has 0 unspecified atom stereocenters. The zero-order valence-corrected chi connectivity index (χ0v) is 13.3. The van der Waals surface area contributed by atoms with E-state index in [9.17, 15) is 0 Å². The molecule has 3 rings (SSSR count). The quantitative estimate of drug-likeness (QED) is 0.827. The van der Waals surface area contributed by atoms with Crippen LogP contribution >= 0.6 is 11.6 Å². The van der Waals surface area contributed by atoms with Crippen molar-refractivity contribution in [3.8, 4) is 0 Å². The Morgan fingerprint density at radius 1 is 1.24 bits per heavy atom. The smallest absolute Gasteiger partial charge is 0.0540 e. The molecule has 0 saturated carbocycles. The summed E-state index contributed by atoms with van der Waals surface area (Å²) in [7, 11) is 0. The molecule has 0 aromatic heterocycles. The second-order valence-electron chi connectivity index (χ2n) is 5.85. The summed E-state index contributed by atoms with van der Waals surface area (Å²) in [6.07, 6.45) is 7.84. The molecule has 0 radical (unpaired) electrons. The van der Waals surface area contributed by atoms with Crippen LogP contribution in [0.5, 0.6) is 0 Å². The van der Waals surface area contributed by atoms with E-state index in [1.807, 2.05) is 6.07 Å². The summed E-state index contributed by atoms with van der Waals surface area (Å²) in [6, 6.07) is 6.33. The number of aryl methyl sites for hydroxylation is 1. The molecule has 0 N–H and O–H groups in total. The van der Waals surface area contributed by atoms with E-state index in [-0.39, 0.29) is 0 Å². The monoisotopic (exact) mass is 303 g/mol. The number of hydrogen-bond acceptors (Lipinski definition) is 3. The number of allylic oxidation sites excluding steroid dienone is 1. The Balaban J connectivity index is 1.69. The van der Waals surface area contributed by atoms with Gasteiger partial charge in [0.1, 0.15) is 0 Å². The lowest BCUT2D eigenvalue weighted by Gasteiger charge is -2.36. The highest BCUT2D eigenvalue weighted by molar-refractivity contribution is 6.31. The third-order valence-corrected chi connectivity index (χ3v) is 4.44. The van der Waals surface area contributed by atoms with Gasteiger partial charge in [0.15, 0.2) is 0 Å². The molecule has 2 aliphatic heterocycles. The van der Waals surface area contributed by atoms with Gasteiger partial charge in [-0.1, -0.05) is 29.8 Å². The average molecular weight is 304 g/mol. The third-order valence-electron chi connectivity index (χ3n) is 4.09. The van der Waals surface area contributed by atoms with Gasteiger partial charge in [-0.05, 0) is 43.4 Å². The van der Waals surface area contributed by atoms with E-state index in [1.54, 1.807) is 0 Å². The van der Waals surface area contributed by atoms with Crippen molar-refractivity contribution in [1.82, 2.24) is 9.91 Å². The minimum atomic E-state index is 0.877. The maximum atomic E-state index is 6.36. The van der Waals surface area contributed by atoms with Gasteiger partial charge in [-0.25, -0.2) is 0 Å². The minimum Gasteiger partial charge on any atom is -0.291 e. The van der Waals surface area contributed by atoms with Crippen molar-refractivity contribution in [3.63, 3.8) is 0 Å². The highest BCUT2D eigenvalue weighted by Gasteiger charge is 2.21. The molecule has 0 amide bonds. The fraction of sp³-hybridized carbons (Fsp3) is 0.471. The Labute approximate surface area is 131 Å². The first-order valence-electron chi connectivity index (χ1n) is 7.69. The molecule has 0 aliphatic carbocycles. The zero-order valence-electron chi connectivity index (χ0n) is 12.6. The molecule has 1 fully saturated rings. The third kappa shape index (κ3) is 3.66. The first-order valence-corrected chi connectivity index (χ1v) is 8.06. The van der Waals surface area contributed by atoms with Gasteiger partial charge in [0, 0.05) is 36.6 Å². The van der Waals surface area contributed by atoms with Crippen LogP contribution in [-0.2, 0) is 6.54 Å². The van der Waals surface area contributed by atoms with E-state index in [0.717, 1.165) is 44.0 Å². The summed E-state index contributed by atoms with van der Waals surface area (Å²) in [6.45, 7) is 5.94. The number of fused-ring (bicyclic) bond motifs is 1. The van der Waals surface area contributed by atoms with Crippen molar-refractivity contribution in [2.45, 2.75) is 32.7 Å². The van der Waals surface area contributed by atoms with Crippen LogP contribution in [0.15, 0.2) is 35.1 Å². The zero-order chi connectivity index (χ0) is 14.7. The first kappa shape index (κ1) is 14.6. The molecule has 0 atom stereocenters. The molecule has 112 valence electrons. The molecule has 1 aromatic carbocycles. The molecule has 2 aliphatic rings. The Morgan fingerprint density at radius 3 is 3.00 bits per heavy atom. The van der Waals surface area contributed by atoms with Gasteiger partial charge in [-0.3, -0.25) is 9.91 Å². The summed E-state index contributed by atoms with van der Waals surface area (Å²) in [5, 5.41) is 7.60. The van der Waals surface area contributed by atoms with Gasteiger partial charge >= 0.3 is 0 Å². The fourth-order valence-corrected chi connectivity index (χ4v) is 3.16. The predicted molar refractivity (Wildman–Crippen MR) is 88.6 cm³/mol. The molecule has 0 bridgehead atoms. The highest BCUT2D eigenvalue weighted by atomic mass is 35.5. The molecule has 1 saturated heterocycles. The van der Waals surface area contributed by atoms with Gasteiger partial charge in [0.2, 0.25) is 0 Å². The highest BCUT2D eigenvalue weighted by Crippen LogP contribution is 2.23. The molecular formula is C17H22ClN3. The van der Waals surface area contributed by atoms with E-state index < -0.39 is 0 Å². The molecule has 2 heterocycles. The van der Waals surface area contributed by atoms with E-state index in [0.29, 0.717) is 0 Å². The van der Waals surface area contributed by atoms with E-state index in [2.05, 4.69) is 46.4 Å². The average Bonchev–Trinajstić information content (AvgIpc) is 2.43.